The maximum atomic E-state index is 13.9. The molecule has 2 aliphatic rings. The highest BCUT2D eigenvalue weighted by Crippen LogP contribution is 2.31. The average molecular weight is 294 g/mol. The van der Waals surface area contributed by atoms with Gasteiger partial charge in [0.25, 0.3) is 0 Å². The second-order valence-corrected chi connectivity index (χ2v) is 5.87. The number of allylic oxidation sites excluding steroid dienone is 1. The van der Waals surface area contributed by atoms with Gasteiger partial charge in [-0.15, -0.1) is 0 Å². The summed E-state index contributed by atoms with van der Waals surface area (Å²) in [4.78, 5) is 0. The molecule has 2 saturated carbocycles. The predicted molar refractivity (Wildman–Crippen MR) is 76.6 cm³/mol. The number of hydrogen-bond donors (Lipinski definition) is 0. The van der Waals surface area contributed by atoms with Gasteiger partial charge in [0, 0.05) is 0 Å². The van der Waals surface area contributed by atoms with E-state index in [9.17, 15) is 8.78 Å². The first-order valence-electron chi connectivity index (χ1n) is 7.64. The molecule has 4 heteroatoms. The van der Waals surface area contributed by atoms with E-state index in [2.05, 4.69) is 6.08 Å². The van der Waals surface area contributed by atoms with Crippen molar-refractivity contribution in [1.29, 1.82) is 0 Å². The van der Waals surface area contributed by atoms with Crippen molar-refractivity contribution in [1.82, 2.24) is 0 Å². The van der Waals surface area contributed by atoms with Crippen LogP contribution < -0.4 is 9.47 Å². The van der Waals surface area contributed by atoms with Crippen molar-refractivity contribution in [3.63, 3.8) is 0 Å². The summed E-state index contributed by atoms with van der Waals surface area (Å²) in [5.41, 5.74) is 0. The molecular weight excluding hydrogens is 274 g/mol. The van der Waals surface area contributed by atoms with Gasteiger partial charge in [-0.2, -0.15) is 8.78 Å². The minimum absolute atomic E-state index is 0.0275. The van der Waals surface area contributed by atoms with Crippen LogP contribution in [0, 0.1) is 23.5 Å². The van der Waals surface area contributed by atoms with E-state index in [1.165, 1.54) is 31.4 Å². The molecule has 0 radical (unpaired) electrons. The molecule has 114 valence electrons. The second-order valence-electron chi connectivity index (χ2n) is 5.87. The van der Waals surface area contributed by atoms with Crippen molar-refractivity contribution in [2.75, 3.05) is 13.2 Å². The Morgan fingerprint density at radius 2 is 1.67 bits per heavy atom. The fraction of sp³-hybridized carbons (Fsp3) is 0.529. The van der Waals surface area contributed by atoms with Gasteiger partial charge < -0.3 is 9.47 Å². The van der Waals surface area contributed by atoms with E-state index in [1.54, 1.807) is 0 Å². The highest BCUT2D eigenvalue weighted by molar-refractivity contribution is 5.35. The van der Waals surface area contributed by atoms with Crippen LogP contribution in [0.25, 0.3) is 0 Å². The standard InChI is InChI=1S/C17H20F2O2/c18-16-14(20-10-2-5-12-6-7-12)8-9-15(17(16)19)21-11-13-3-1-4-13/h2,5,8-9,12-13H,1,3-4,6-7,10-11H2/b5-2+. The molecular formula is C17H20F2O2. The molecule has 21 heavy (non-hydrogen) atoms. The molecule has 0 aromatic heterocycles. The second kappa shape index (κ2) is 6.46. The maximum Gasteiger partial charge on any atom is 0.204 e. The summed E-state index contributed by atoms with van der Waals surface area (Å²) in [6.45, 7) is 0.718. The van der Waals surface area contributed by atoms with Gasteiger partial charge in [0.1, 0.15) is 6.61 Å². The molecule has 1 aromatic carbocycles. The Hall–Kier alpha value is -1.58. The van der Waals surface area contributed by atoms with Gasteiger partial charge in [-0.05, 0) is 49.7 Å². The molecule has 0 bridgehead atoms. The molecule has 0 heterocycles. The Labute approximate surface area is 123 Å². The van der Waals surface area contributed by atoms with Crippen molar-refractivity contribution in [3.05, 3.63) is 35.9 Å². The molecule has 0 N–H and O–H groups in total. The van der Waals surface area contributed by atoms with E-state index >= 15 is 0 Å². The van der Waals surface area contributed by atoms with Gasteiger partial charge in [0.05, 0.1) is 6.61 Å². The first-order chi connectivity index (χ1) is 10.2. The summed E-state index contributed by atoms with van der Waals surface area (Å²) < 4.78 is 38.4. The molecule has 3 rings (SSSR count). The van der Waals surface area contributed by atoms with Crippen molar-refractivity contribution >= 4 is 0 Å². The Bertz CT molecular complexity index is 520. The Morgan fingerprint density at radius 3 is 2.24 bits per heavy atom. The van der Waals surface area contributed by atoms with E-state index in [4.69, 9.17) is 9.47 Å². The van der Waals surface area contributed by atoms with Crippen LogP contribution >= 0.6 is 0 Å². The largest absolute Gasteiger partial charge is 0.490 e. The van der Waals surface area contributed by atoms with Crippen molar-refractivity contribution < 1.29 is 18.3 Å². The Kier molecular flexibility index (Phi) is 4.42. The lowest BCUT2D eigenvalue weighted by Gasteiger charge is -2.25. The monoisotopic (exact) mass is 294 g/mol. The zero-order valence-corrected chi connectivity index (χ0v) is 12.0. The van der Waals surface area contributed by atoms with Gasteiger partial charge in [0.15, 0.2) is 11.5 Å². The van der Waals surface area contributed by atoms with Crippen LogP contribution in [-0.4, -0.2) is 13.2 Å². The lowest BCUT2D eigenvalue weighted by Crippen LogP contribution is -2.19. The third kappa shape index (κ3) is 3.74. The van der Waals surface area contributed by atoms with E-state index in [-0.39, 0.29) is 18.1 Å². The van der Waals surface area contributed by atoms with Crippen LogP contribution in [0.5, 0.6) is 11.5 Å². The minimum atomic E-state index is -0.971. The third-order valence-electron chi connectivity index (χ3n) is 4.08. The van der Waals surface area contributed by atoms with Crippen LogP contribution in [0.3, 0.4) is 0 Å². The molecule has 0 spiro atoms. The minimum Gasteiger partial charge on any atom is -0.490 e. The number of ether oxygens (including phenoxy) is 2. The third-order valence-corrected chi connectivity index (χ3v) is 4.08. The molecule has 2 aliphatic carbocycles. The highest BCUT2D eigenvalue weighted by atomic mass is 19.2. The fourth-order valence-electron chi connectivity index (χ4n) is 2.28. The Balaban J connectivity index is 1.55. The molecule has 2 fully saturated rings. The van der Waals surface area contributed by atoms with Gasteiger partial charge in [-0.3, -0.25) is 0 Å². The fourth-order valence-corrected chi connectivity index (χ4v) is 2.28. The van der Waals surface area contributed by atoms with Crippen LogP contribution in [0.1, 0.15) is 32.1 Å². The quantitative estimate of drug-likeness (QED) is 0.690. The van der Waals surface area contributed by atoms with Crippen LogP contribution in [-0.2, 0) is 0 Å². The molecule has 2 nitrogen and oxygen atoms in total. The van der Waals surface area contributed by atoms with E-state index in [1.807, 2.05) is 6.08 Å². The van der Waals surface area contributed by atoms with Gasteiger partial charge in [-0.25, -0.2) is 0 Å². The zero-order valence-electron chi connectivity index (χ0n) is 12.0. The number of rotatable bonds is 7. The molecule has 0 unspecified atom stereocenters. The van der Waals surface area contributed by atoms with E-state index in [0.717, 1.165) is 12.8 Å². The van der Waals surface area contributed by atoms with E-state index in [0.29, 0.717) is 18.4 Å². The molecule has 0 atom stereocenters. The lowest BCUT2D eigenvalue weighted by molar-refractivity contribution is 0.173. The summed E-state index contributed by atoms with van der Waals surface area (Å²) >= 11 is 0. The zero-order chi connectivity index (χ0) is 14.7. The van der Waals surface area contributed by atoms with Crippen LogP contribution in [0.4, 0.5) is 8.78 Å². The highest BCUT2D eigenvalue weighted by Gasteiger charge is 2.21. The van der Waals surface area contributed by atoms with Crippen LogP contribution in [0.2, 0.25) is 0 Å². The topological polar surface area (TPSA) is 18.5 Å². The number of benzene rings is 1. The average Bonchev–Trinajstić information content (AvgIpc) is 3.24. The summed E-state index contributed by atoms with van der Waals surface area (Å²) in [6, 6.07) is 2.87. The van der Waals surface area contributed by atoms with Crippen molar-refractivity contribution in [2.45, 2.75) is 32.1 Å². The van der Waals surface area contributed by atoms with Crippen molar-refractivity contribution in [2.24, 2.45) is 11.8 Å². The first kappa shape index (κ1) is 14.4. The van der Waals surface area contributed by atoms with Crippen LogP contribution in [0.15, 0.2) is 24.3 Å². The predicted octanol–water partition coefficient (Wildman–Crippen LogP) is 4.49. The summed E-state index contributed by atoms with van der Waals surface area (Å²) in [6.07, 6.45) is 9.77. The molecule has 0 aliphatic heterocycles. The van der Waals surface area contributed by atoms with Crippen molar-refractivity contribution in [3.8, 4) is 11.5 Å². The summed E-state index contributed by atoms with van der Waals surface area (Å²) in [7, 11) is 0. The maximum absolute atomic E-state index is 13.9. The van der Waals surface area contributed by atoms with Gasteiger partial charge in [-0.1, -0.05) is 18.6 Å². The molecule has 0 amide bonds. The normalized spacial score (nSPS) is 18.8. The smallest absolute Gasteiger partial charge is 0.204 e. The molecule has 1 aromatic rings. The molecule has 0 saturated heterocycles. The Morgan fingerprint density at radius 1 is 1.00 bits per heavy atom. The van der Waals surface area contributed by atoms with Gasteiger partial charge >= 0.3 is 0 Å². The SMILES string of the molecule is Fc1c(OC/C=C/C2CC2)ccc(OCC2CCC2)c1F. The number of hydrogen-bond acceptors (Lipinski definition) is 2. The lowest BCUT2D eigenvalue weighted by atomic mass is 9.86. The number of halogens is 2. The first-order valence-corrected chi connectivity index (χ1v) is 7.64. The summed E-state index contributed by atoms with van der Waals surface area (Å²) in [5, 5.41) is 0. The summed E-state index contributed by atoms with van der Waals surface area (Å²) in [5.74, 6) is -0.892. The van der Waals surface area contributed by atoms with Gasteiger partial charge in [0.2, 0.25) is 11.6 Å². The van der Waals surface area contributed by atoms with E-state index < -0.39 is 11.6 Å².